The van der Waals surface area contributed by atoms with Crippen molar-refractivity contribution >= 4 is 49.0 Å². The largest absolute Gasteiger partial charge is 0.365 e. The summed E-state index contributed by atoms with van der Waals surface area (Å²) in [7, 11) is 0. The molecular formula is C12H11Br2N3S. The van der Waals surface area contributed by atoms with Crippen LogP contribution < -0.4 is 5.32 Å². The van der Waals surface area contributed by atoms with E-state index in [-0.39, 0.29) is 0 Å². The standard InChI is InChI=1S/C12H11Br2N3S/c13-8-3-9(18-6-8)5-15-11-4-10(14)16-12(17-11)7-1-2-7/h3-4,6-7H,1-2,5H2,(H,15,16,17). The van der Waals surface area contributed by atoms with Gasteiger partial charge in [-0.2, -0.15) is 0 Å². The highest BCUT2D eigenvalue weighted by molar-refractivity contribution is 9.10. The lowest BCUT2D eigenvalue weighted by Gasteiger charge is -2.06. The number of nitrogens with zero attached hydrogens (tertiary/aromatic N) is 2. The van der Waals surface area contributed by atoms with Crippen molar-refractivity contribution in [2.24, 2.45) is 0 Å². The Morgan fingerprint density at radius 1 is 1.28 bits per heavy atom. The van der Waals surface area contributed by atoms with Crippen LogP contribution in [-0.2, 0) is 6.54 Å². The zero-order valence-corrected chi connectivity index (χ0v) is 13.5. The molecule has 2 aromatic rings. The Morgan fingerprint density at radius 2 is 2.11 bits per heavy atom. The van der Waals surface area contributed by atoms with Gasteiger partial charge in [-0.3, -0.25) is 0 Å². The molecule has 1 aliphatic rings. The molecule has 1 N–H and O–H groups in total. The third-order valence-electron chi connectivity index (χ3n) is 2.72. The summed E-state index contributed by atoms with van der Waals surface area (Å²) in [5.41, 5.74) is 0. The highest BCUT2D eigenvalue weighted by Crippen LogP contribution is 2.38. The minimum Gasteiger partial charge on any atom is -0.365 e. The normalized spacial score (nSPS) is 14.8. The first-order chi connectivity index (χ1) is 8.70. The van der Waals surface area contributed by atoms with Crippen LogP contribution in [0.3, 0.4) is 0 Å². The van der Waals surface area contributed by atoms with Crippen LogP contribution in [0.1, 0.15) is 29.5 Å². The molecule has 0 aliphatic heterocycles. The zero-order valence-electron chi connectivity index (χ0n) is 9.49. The Bertz CT molecular complexity index is 566. The maximum Gasteiger partial charge on any atom is 0.135 e. The van der Waals surface area contributed by atoms with Gasteiger partial charge in [0.2, 0.25) is 0 Å². The van der Waals surface area contributed by atoms with Crippen LogP contribution in [0.25, 0.3) is 0 Å². The van der Waals surface area contributed by atoms with Gasteiger partial charge in [0, 0.05) is 26.7 Å². The van der Waals surface area contributed by atoms with E-state index in [1.807, 2.05) is 6.07 Å². The number of hydrogen-bond acceptors (Lipinski definition) is 4. The number of rotatable bonds is 4. The topological polar surface area (TPSA) is 37.8 Å². The highest BCUT2D eigenvalue weighted by Gasteiger charge is 2.27. The molecule has 0 saturated heterocycles. The fraction of sp³-hybridized carbons (Fsp3) is 0.333. The molecule has 0 radical (unpaired) electrons. The van der Waals surface area contributed by atoms with Crippen LogP contribution in [0.5, 0.6) is 0 Å². The summed E-state index contributed by atoms with van der Waals surface area (Å²) < 4.78 is 1.99. The van der Waals surface area contributed by atoms with Crippen LogP contribution in [0.2, 0.25) is 0 Å². The molecule has 0 bridgehead atoms. The van der Waals surface area contributed by atoms with Crippen molar-refractivity contribution < 1.29 is 0 Å². The molecule has 3 rings (SSSR count). The Balaban J connectivity index is 1.71. The molecule has 94 valence electrons. The van der Waals surface area contributed by atoms with Crippen LogP contribution in [-0.4, -0.2) is 9.97 Å². The lowest BCUT2D eigenvalue weighted by atomic mass is 10.4. The summed E-state index contributed by atoms with van der Waals surface area (Å²) in [6.45, 7) is 0.795. The van der Waals surface area contributed by atoms with Crippen LogP contribution in [0.15, 0.2) is 26.6 Å². The van der Waals surface area contributed by atoms with Gasteiger partial charge in [-0.1, -0.05) is 0 Å². The molecule has 0 spiro atoms. The van der Waals surface area contributed by atoms with Crippen molar-refractivity contribution in [1.29, 1.82) is 0 Å². The van der Waals surface area contributed by atoms with E-state index in [9.17, 15) is 0 Å². The fourth-order valence-corrected chi connectivity index (χ4v) is 3.46. The molecule has 3 nitrogen and oxygen atoms in total. The SMILES string of the molecule is Brc1csc(CNc2cc(Br)nc(C3CC3)n2)c1. The number of halogens is 2. The molecule has 0 unspecified atom stereocenters. The Morgan fingerprint density at radius 3 is 2.78 bits per heavy atom. The first-order valence-corrected chi connectivity index (χ1v) is 8.18. The lowest BCUT2D eigenvalue weighted by Crippen LogP contribution is -2.03. The first kappa shape index (κ1) is 12.6. The lowest BCUT2D eigenvalue weighted by molar-refractivity contribution is 0.911. The molecular weight excluding hydrogens is 378 g/mol. The number of thiophene rings is 1. The quantitative estimate of drug-likeness (QED) is 0.780. The van der Waals surface area contributed by atoms with E-state index < -0.39 is 0 Å². The van der Waals surface area contributed by atoms with Gasteiger partial charge in [-0.05, 0) is 50.8 Å². The molecule has 2 heterocycles. The van der Waals surface area contributed by atoms with E-state index in [2.05, 4.69) is 58.6 Å². The molecule has 2 aromatic heterocycles. The number of anilines is 1. The summed E-state index contributed by atoms with van der Waals surface area (Å²) in [6.07, 6.45) is 2.43. The number of aromatic nitrogens is 2. The fourth-order valence-electron chi connectivity index (χ4n) is 1.67. The van der Waals surface area contributed by atoms with Gasteiger partial charge in [-0.25, -0.2) is 9.97 Å². The van der Waals surface area contributed by atoms with E-state index in [0.29, 0.717) is 5.92 Å². The minimum absolute atomic E-state index is 0.568. The van der Waals surface area contributed by atoms with Crippen molar-refractivity contribution in [2.45, 2.75) is 25.3 Å². The van der Waals surface area contributed by atoms with Gasteiger partial charge in [-0.15, -0.1) is 11.3 Å². The summed E-state index contributed by atoms with van der Waals surface area (Å²) in [5.74, 6) is 2.42. The van der Waals surface area contributed by atoms with Crippen LogP contribution >= 0.6 is 43.2 Å². The van der Waals surface area contributed by atoms with Crippen molar-refractivity contribution in [1.82, 2.24) is 9.97 Å². The minimum atomic E-state index is 0.568. The van der Waals surface area contributed by atoms with E-state index in [4.69, 9.17) is 0 Å². The molecule has 0 aromatic carbocycles. The smallest absolute Gasteiger partial charge is 0.135 e. The molecule has 0 atom stereocenters. The average Bonchev–Trinajstić information content (AvgIpc) is 3.10. The Hall–Kier alpha value is -0.460. The maximum absolute atomic E-state index is 4.56. The predicted molar refractivity (Wildman–Crippen MR) is 81.1 cm³/mol. The molecule has 1 fully saturated rings. The van der Waals surface area contributed by atoms with Gasteiger partial charge < -0.3 is 5.32 Å². The summed E-state index contributed by atoms with van der Waals surface area (Å²) in [4.78, 5) is 10.3. The van der Waals surface area contributed by atoms with Gasteiger partial charge in [0.1, 0.15) is 16.2 Å². The van der Waals surface area contributed by atoms with E-state index in [1.165, 1.54) is 17.7 Å². The summed E-state index contributed by atoms with van der Waals surface area (Å²) in [5, 5.41) is 5.43. The van der Waals surface area contributed by atoms with Gasteiger partial charge in [0.25, 0.3) is 0 Å². The Labute approximate surface area is 126 Å². The van der Waals surface area contributed by atoms with Gasteiger partial charge in [0.15, 0.2) is 0 Å². The van der Waals surface area contributed by atoms with Gasteiger partial charge >= 0.3 is 0 Å². The number of hydrogen-bond donors (Lipinski definition) is 1. The van der Waals surface area contributed by atoms with Crippen molar-refractivity contribution in [3.63, 3.8) is 0 Å². The zero-order chi connectivity index (χ0) is 12.5. The molecule has 18 heavy (non-hydrogen) atoms. The number of nitrogens with one attached hydrogen (secondary N) is 1. The average molecular weight is 389 g/mol. The second-order valence-electron chi connectivity index (χ2n) is 4.29. The first-order valence-electron chi connectivity index (χ1n) is 5.72. The van der Waals surface area contributed by atoms with E-state index in [0.717, 1.165) is 27.3 Å². The van der Waals surface area contributed by atoms with Crippen LogP contribution in [0, 0.1) is 0 Å². The highest BCUT2D eigenvalue weighted by atomic mass is 79.9. The monoisotopic (exact) mass is 387 g/mol. The maximum atomic E-state index is 4.56. The van der Waals surface area contributed by atoms with E-state index in [1.54, 1.807) is 11.3 Å². The van der Waals surface area contributed by atoms with Crippen molar-refractivity contribution in [3.8, 4) is 0 Å². The molecule has 6 heteroatoms. The summed E-state index contributed by atoms with van der Waals surface area (Å²) >= 11 is 8.63. The third-order valence-corrected chi connectivity index (χ3v) is 4.82. The second-order valence-corrected chi connectivity index (χ2v) is 7.02. The second kappa shape index (κ2) is 5.27. The third kappa shape index (κ3) is 3.10. The summed E-state index contributed by atoms with van der Waals surface area (Å²) in [6, 6.07) is 4.05. The predicted octanol–water partition coefficient (Wildman–Crippen LogP) is 4.55. The molecule has 0 amide bonds. The molecule has 1 aliphatic carbocycles. The van der Waals surface area contributed by atoms with Crippen molar-refractivity contribution in [2.75, 3.05) is 5.32 Å². The van der Waals surface area contributed by atoms with E-state index >= 15 is 0 Å². The molecule has 1 saturated carbocycles. The van der Waals surface area contributed by atoms with Crippen LogP contribution in [0.4, 0.5) is 5.82 Å². The van der Waals surface area contributed by atoms with Crippen molar-refractivity contribution in [3.05, 3.63) is 37.3 Å². The van der Waals surface area contributed by atoms with Gasteiger partial charge in [0.05, 0.1) is 6.54 Å². The Kier molecular flexibility index (Phi) is 3.68.